The monoisotopic (exact) mass is 340 g/mol. The summed E-state index contributed by atoms with van der Waals surface area (Å²) in [5.74, 6) is 1.86. The van der Waals surface area contributed by atoms with E-state index in [-0.39, 0.29) is 5.82 Å². The molecular formula is C17H29FN4S. The number of para-hydroxylation sites is 1. The molecule has 0 unspecified atom stereocenters. The maximum Gasteiger partial charge on any atom is 0.190 e. The van der Waals surface area contributed by atoms with Gasteiger partial charge in [-0.15, -0.1) is 0 Å². The van der Waals surface area contributed by atoms with Crippen molar-refractivity contribution in [2.45, 2.75) is 19.3 Å². The summed E-state index contributed by atoms with van der Waals surface area (Å²) in [6.45, 7) is 2.54. The molecule has 0 aliphatic rings. The summed E-state index contributed by atoms with van der Waals surface area (Å²) in [5.41, 5.74) is 0.642. The van der Waals surface area contributed by atoms with Crippen LogP contribution in [0.3, 0.4) is 0 Å². The molecule has 0 atom stereocenters. The smallest absolute Gasteiger partial charge is 0.190 e. The minimum absolute atomic E-state index is 0.175. The molecule has 0 radical (unpaired) electrons. The van der Waals surface area contributed by atoms with Crippen molar-refractivity contribution in [3.05, 3.63) is 30.1 Å². The first-order chi connectivity index (χ1) is 11.2. The number of benzene rings is 1. The summed E-state index contributed by atoms with van der Waals surface area (Å²) in [6, 6.07) is 6.86. The zero-order chi connectivity index (χ0) is 16.9. The molecule has 0 fully saturated rings. The zero-order valence-corrected chi connectivity index (χ0v) is 15.3. The number of anilines is 1. The molecule has 4 nitrogen and oxygen atoms in total. The summed E-state index contributed by atoms with van der Waals surface area (Å²) >= 11 is 1.88. The van der Waals surface area contributed by atoms with Gasteiger partial charge in [0.1, 0.15) is 5.82 Å². The molecule has 0 aromatic heterocycles. The van der Waals surface area contributed by atoms with Crippen LogP contribution in [-0.4, -0.2) is 51.7 Å². The fourth-order valence-corrected chi connectivity index (χ4v) is 2.70. The number of nitrogens with one attached hydrogen (secondary N) is 2. The number of unbranched alkanes of at least 4 members (excludes halogenated alkanes) is 1. The highest BCUT2D eigenvalue weighted by Crippen LogP contribution is 2.16. The Morgan fingerprint density at radius 1 is 1.17 bits per heavy atom. The molecule has 0 saturated carbocycles. The average Bonchev–Trinajstić information content (AvgIpc) is 2.56. The Kier molecular flexibility index (Phi) is 10.3. The molecule has 0 aliphatic heterocycles. The summed E-state index contributed by atoms with van der Waals surface area (Å²) in [6.07, 6.45) is 5.42. The van der Waals surface area contributed by atoms with Crippen LogP contribution in [0.1, 0.15) is 19.3 Å². The van der Waals surface area contributed by atoms with Gasteiger partial charge in [0.2, 0.25) is 0 Å². The topological polar surface area (TPSA) is 39.7 Å². The van der Waals surface area contributed by atoms with Gasteiger partial charge in [-0.05, 0) is 43.4 Å². The first kappa shape index (κ1) is 19.6. The van der Waals surface area contributed by atoms with Crippen molar-refractivity contribution in [3.63, 3.8) is 0 Å². The lowest BCUT2D eigenvalue weighted by atomic mass is 10.2. The van der Waals surface area contributed by atoms with Gasteiger partial charge >= 0.3 is 0 Å². The highest BCUT2D eigenvalue weighted by atomic mass is 32.2. The molecule has 0 amide bonds. The van der Waals surface area contributed by atoms with Gasteiger partial charge in [0, 0.05) is 33.7 Å². The zero-order valence-electron chi connectivity index (χ0n) is 14.4. The number of guanidine groups is 1. The van der Waals surface area contributed by atoms with E-state index in [1.807, 2.05) is 29.8 Å². The number of nitrogens with zero attached hydrogens (tertiary/aromatic N) is 2. The molecule has 1 rings (SSSR count). The molecule has 1 aromatic carbocycles. The highest BCUT2D eigenvalue weighted by molar-refractivity contribution is 7.98. The lowest BCUT2D eigenvalue weighted by Gasteiger charge is -2.20. The maximum absolute atomic E-state index is 13.7. The summed E-state index contributed by atoms with van der Waals surface area (Å²) in [4.78, 5) is 6.15. The fourth-order valence-electron chi connectivity index (χ4n) is 2.20. The summed E-state index contributed by atoms with van der Waals surface area (Å²) in [7, 11) is 3.69. The average molecular weight is 341 g/mol. The first-order valence-corrected chi connectivity index (χ1v) is 9.47. The van der Waals surface area contributed by atoms with E-state index in [2.05, 4.69) is 21.9 Å². The number of hydrogen-bond acceptors (Lipinski definition) is 3. The van der Waals surface area contributed by atoms with Crippen molar-refractivity contribution in [1.82, 2.24) is 10.6 Å². The number of rotatable bonds is 10. The van der Waals surface area contributed by atoms with Crippen molar-refractivity contribution >= 4 is 23.4 Å². The Balaban J connectivity index is 2.18. The van der Waals surface area contributed by atoms with Crippen LogP contribution in [0.5, 0.6) is 0 Å². The Hall–Kier alpha value is -1.43. The Bertz CT molecular complexity index is 468. The van der Waals surface area contributed by atoms with Crippen LogP contribution < -0.4 is 15.5 Å². The SMILES string of the molecule is CN=C(NCCCCSC)NCCCN(C)c1ccccc1F. The third-order valence-corrected chi connectivity index (χ3v) is 4.21. The third-order valence-electron chi connectivity index (χ3n) is 3.52. The molecule has 0 aliphatic carbocycles. The third kappa shape index (κ3) is 8.11. The minimum atomic E-state index is -0.175. The van der Waals surface area contributed by atoms with Crippen LogP contribution in [0.15, 0.2) is 29.3 Å². The van der Waals surface area contributed by atoms with Gasteiger partial charge in [0.05, 0.1) is 5.69 Å². The lowest BCUT2D eigenvalue weighted by Crippen LogP contribution is -2.39. The molecule has 0 heterocycles. The molecule has 0 saturated heterocycles. The predicted octanol–water partition coefficient (Wildman–Crippen LogP) is 2.96. The van der Waals surface area contributed by atoms with Gasteiger partial charge in [-0.3, -0.25) is 4.99 Å². The predicted molar refractivity (Wildman–Crippen MR) is 101 cm³/mol. The van der Waals surface area contributed by atoms with Crippen LogP contribution in [0.25, 0.3) is 0 Å². The van der Waals surface area contributed by atoms with Gasteiger partial charge in [-0.1, -0.05) is 12.1 Å². The van der Waals surface area contributed by atoms with E-state index in [1.54, 1.807) is 19.2 Å². The fraction of sp³-hybridized carbons (Fsp3) is 0.588. The van der Waals surface area contributed by atoms with E-state index in [0.29, 0.717) is 5.69 Å². The van der Waals surface area contributed by atoms with E-state index in [4.69, 9.17) is 0 Å². The Labute approximate surface area is 143 Å². The lowest BCUT2D eigenvalue weighted by molar-refractivity contribution is 0.619. The quantitative estimate of drug-likeness (QED) is 0.390. The summed E-state index contributed by atoms with van der Waals surface area (Å²) in [5, 5.41) is 6.61. The van der Waals surface area contributed by atoms with Crippen molar-refractivity contribution in [3.8, 4) is 0 Å². The molecule has 23 heavy (non-hydrogen) atoms. The second-order valence-electron chi connectivity index (χ2n) is 5.35. The normalized spacial score (nSPS) is 11.4. The first-order valence-electron chi connectivity index (χ1n) is 8.08. The van der Waals surface area contributed by atoms with Gasteiger partial charge in [-0.25, -0.2) is 4.39 Å². The number of aliphatic imine (C=N–C) groups is 1. The van der Waals surface area contributed by atoms with Crippen LogP contribution in [0.4, 0.5) is 10.1 Å². The van der Waals surface area contributed by atoms with Crippen LogP contribution >= 0.6 is 11.8 Å². The molecule has 0 spiro atoms. The van der Waals surface area contributed by atoms with Gasteiger partial charge in [-0.2, -0.15) is 11.8 Å². The number of hydrogen-bond donors (Lipinski definition) is 2. The molecule has 2 N–H and O–H groups in total. The molecular weight excluding hydrogens is 311 g/mol. The van der Waals surface area contributed by atoms with Crippen LogP contribution in [0.2, 0.25) is 0 Å². The number of halogens is 1. The Morgan fingerprint density at radius 3 is 2.52 bits per heavy atom. The maximum atomic E-state index is 13.7. The van der Waals surface area contributed by atoms with E-state index >= 15 is 0 Å². The van der Waals surface area contributed by atoms with Crippen molar-refractivity contribution in [2.75, 3.05) is 50.6 Å². The van der Waals surface area contributed by atoms with Crippen molar-refractivity contribution < 1.29 is 4.39 Å². The summed E-state index contributed by atoms with van der Waals surface area (Å²) < 4.78 is 13.7. The van der Waals surface area contributed by atoms with Crippen LogP contribution in [-0.2, 0) is 0 Å². The van der Waals surface area contributed by atoms with Crippen LogP contribution in [0, 0.1) is 5.82 Å². The number of thioether (sulfide) groups is 1. The van der Waals surface area contributed by atoms with Gasteiger partial charge < -0.3 is 15.5 Å². The molecule has 130 valence electrons. The largest absolute Gasteiger partial charge is 0.372 e. The standard InChI is InChI=1S/C17H29FN4S/c1-19-17(20-11-6-7-14-23-3)21-12-8-13-22(2)16-10-5-4-9-15(16)18/h4-5,9-10H,6-8,11-14H2,1-3H3,(H2,19,20,21). The van der Waals surface area contributed by atoms with E-state index in [0.717, 1.165) is 38.4 Å². The van der Waals surface area contributed by atoms with Gasteiger partial charge in [0.15, 0.2) is 5.96 Å². The molecule has 1 aromatic rings. The molecule has 0 bridgehead atoms. The second-order valence-corrected chi connectivity index (χ2v) is 6.34. The van der Waals surface area contributed by atoms with Crippen molar-refractivity contribution in [1.29, 1.82) is 0 Å². The second kappa shape index (κ2) is 12.0. The minimum Gasteiger partial charge on any atom is -0.372 e. The van der Waals surface area contributed by atoms with E-state index in [9.17, 15) is 4.39 Å². The van der Waals surface area contributed by atoms with E-state index in [1.165, 1.54) is 18.2 Å². The van der Waals surface area contributed by atoms with E-state index < -0.39 is 0 Å². The Morgan fingerprint density at radius 2 is 1.87 bits per heavy atom. The highest BCUT2D eigenvalue weighted by Gasteiger charge is 2.05. The molecule has 6 heteroatoms. The van der Waals surface area contributed by atoms with Crippen molar-refractivity contribution in [2.24, 2.45) is 4.99 Å². The van der Waals surface area contributed by atoms with Gasteiger partial charge in [0.25, 0.3) is 0 Å².